The van der Waals surface area contributed by atoms with E-state index in [1.807, 2.05) is 0 Å². The number of nitrogens with one attached hydrogen (secondary N) is 3. The minimum atomic E-state index is -0.300. The average Bonchev–Trinajstić information content (AvgIpc) is 3.14. The van der Waals surface area contributed by atoms with Gasteiger partial charge in [-0.25, -0.2) is 4.68 Å². The number of carbonyl (C=O) groups is 2. The van der Waals surface area contributed by atoms with Gasteiger partial charge in [0.2, 0.25) is 5.91 Å². The number of anilines is 2. The quantitative estimate of drug-likeness (QED) is 0.769. The van der Waals surface area contributed by atoms with Crippen molar-refractivity contribution in [3.8, 4) is 0 Å². The van der Waals surface area contributed by atoms with E-state index in [0.29, 0.717) is 23.5 Å². The van der Waals surface area contributed by atoms with E-state index in [9.17, 15) is 9.59 Å². The Balaban J connectivity index is 1.60. The van der Waals surface area contributed by atoms with Crippen LogP contribution < -0.4 is 16.0 Å². The lowest BCUT2D eigenvalue weighted by Gasteiger charge is -2.22. The Morgan fingerprint density at radius 1 is 1.16 bits per heavy atom. The summed E-state index contributed by atoms with van der Waals surface area (Å²) in [5.74, 6) is -0.350. The molecule has 0 spiro atoms. The lowest BCUT2D eigenvalue weighted by atomic mass is 10.1. The van der Waals surface area contributed by atoms with Crippen molar-refractivity contribution < 1.29 is 9.59 Å². The summed E-state index contributed by atoms with van der Waals surface area (Å²) in [6, 6.07) is 7.25. The first-order valence-corrected chi connectivity index (χ1v) is 8.49. The van der Waals surface area contributed by atoms with Gasteiger partial charge in [0.05, 0.1) is 12.2 Å². The third-order valence-electron chi connectivity index (χ3n) is 4.17. The number of benzene rings is 1. The Hall–Kier alpha value is -2.74. The molecule has 1 aromatic carbocycles. The van der Waals surface area contributed by atoms with Crippen LogP contribution in [0.5, 0.6) is 0 Å². The number of rotatable bonds is 5. The van der Waals surface area contributed by atoms with Gasteiger partial charge in [-0.05, 0) is 50.2 Å². The van der Waals surface area contributed by atoms with Crippen molar-refractivity contribution in [2.45, 2.75) is 32.2 Å². The smallest absolute Gasteiger partial charge is 0.277 e. The van der Waals surface area contributed by atoms with Crippen LogP contribution in [0.4, 0.5) is 11.4 Å². The van der Waals surface area contributed by atoms with Crippen LogP contribution in [0.3, 0.4) is 0 Å². The molecule has 2 amide bonds. The van der Waals surface area contributed by atoms with E-state index >= 15 is 0 Å². The van der Waals surface area contributed by atoms with Crippen LogP contribution in [-0.4, -0.2) is 39.9 Å². The molecule has 3 N–H and O–H groups in total. The van der Waals surface area contributed by atoms with E-state index in [1.165, 1.54) is 0 Å². The van der Waals surface area contributed by atoms with Crippen molar-refractivity contribution in [2.24, 2.45) is 0 Å². The van der Waals surface area contributed by atoms with Gasteiger partial charge in [0.25, 0.3) is 5.91 Å². The van der Waals surface area contributed by atoms with Crippen LogP contribution >= 0.6 is 0 Å². The van der Waals surface area contributed by atoms with Crippen molar-refractivity contribution in [3.63, 3.8) is 0 Å². The largest absolute Gasteiger partial charge is 0.326 e. The summed E-state index contributed by atoms with van der Waals surface area (Å²) in [5.41, 5.74) is 1.62. The highest BCUT2D eigenvalue weighted by atomic mass is 16.2. The fraction of sp³-hybridized carbons (Fsp3) is 0.412. The van der Waals surface area contributed by atoms with Crippen molar-refractivity contribution in [1.82, 2.24) is 20.3 Å². The lowest BCUT2D eigenvalue weighted by Crippen LogP contribution is -2.29. The van der Waals surface area contributed by atoms with Gasteiger partial charge in [-0.1, -0.05) is 12.1 Å². The number of nitrogens with zero attached hydrogens (tertiary/aromatic N) is 3. The second kappa shape index (κ2) is 7.89. The molecule has 3 rings (SSSR count). The van der Waals surface area contributed by atoms with E-state index in [4.69, 9.17) is 0 Å². The molecule has 0 bridgehead atoms. The molecule has 0 atom stereocenters. The maximum Gasteiger partial charge on any atom is 0.277 e. The van der Waals surface area contributed by atoms with Gasteiger partial charge < -0.3 is 16.0 Å². The molecule has 0 aliphatic carbocycles. The SMILES string of the molecule is CCC(=O)Nc1ccc(NC(=O)c2cn(C3CCNCC3)nn2)cc1. The Morgan fingerprint density at radius 2 is 1.80 bits per heavy atom. The Morgan fingerprint density at radius 3 is 2.44 bits per heavy atom. The molecule has 8 heteroatoms. The molecule has 1 saturated heterocycles. The molecule has 1 aliphatic rings. The third kappa shape index (κ3) is 4.42. The van der Waals surface area contributed by atoms with Crippen molar-refractivity contribution in [2.75, 3.05) is 23.7 Å². The number of hydrogen-bond donors (Lipinski definition) is 3. The predicted octanol–water partition coefficient (Wildman–Crippen LogP) is 1.80. The summed E-state index contributed by atoms with van der Waals surface area (Å²) in [7, 11) is 0. The zero-order valence-corrected chi connectivity index (χ0v) is 14.2. The number of hydrogen-bond acceptors (Lipinski definition) is 5. The molecule has 8 nitrogen and oxygen atoms in total. The van der Waals surface area contributed by atoms with Gasteiger partial charge in [0.15, 0.2) is 5.69 Å². The first-order valence-electron chi connectivity index (χ1n) is 8.49. The Bertz CT molecular complexity index is 734. The van der Waals surface area contributed by atoms with Gasteiger partial charge in [0.1, 0.15) is 0 Å². The van der Waals surface area contributed by atoms with Crippen LogP contribution in [-0.2, 0) is 4.79 Å². The third-order valence-corrected chi connectivity index (χ3v) is 4.17. The minimum absolute atomic E-state index is 0.0497. The molecule has 1 fully saturated rings. The number of carbonyl (C=O) groups excluding carboxylic acids is 2. The Kier molecular flexibility index (Phi) is 5.39. The van der Waals surface area contributed by atoms with E-state index in [1.54, 1.807) is 42.1 Å². The summed E-state index contributed by atoms with van der Waals surface area (Å²) in [6.45, 7) is 3.70. The highest BCUT2D eigenvalue weighted by molar-refractivity contribution is 6.02. The topological polar surface area (TPSA) is 101 Å². The van der Waals surface area contributed by atoms with Crippen molar-refractivity contribution >= 4 is 23.2 Å². The fourth-order valence-corrected chi connectivity index (χ4v) is 2.71. The summed E-state index contributed by atoms with van der Waals surface area (Å²) >= 11 is 0. The predicted molar refractivity (Wildman–Crippen MR) is 94.5 cm³/mol. The molecule has 1 aromatic heterocycles. The molecule has 132 valence electrons. The fourth-order valence-electron chi connectivity index (χ4n) is 2.71. The van der Waals surface area contributed by atoms with E-state index < -0.39 is 0 Å². The summed E-state index contributed by atoms with van der Waals surface area (Å²) in [6.07, 6.45) is 4.08. The normalized spacial score (nSPS) is 14.9. The zero-order valence-electron chi connectivity index (χ0n) is 14.2. The second-order valence-electron chi connectivity index (χ2n) is 6.00. The Labute approximate surface area is 146 Å². The van der Waals surface area contributed by atoms with E-state index in [2.05, 4.69) is 26.3 Å². The molecule has 0 unspecified atom stereocenters. The molecule has 2 heterocycles. The molecular weight excluding hydrogens is 320 g/mol. The summed E-state index contributed by atoms with van der Waals surface area (Å²) in [5, 5.41) is 16.9. The summed E-state index contributed by atoms with van der Waals surface area (Å²) in [4.78, 5) is 23.7. The van der Waals surface area contributed by atoms with Crippen LogP contribution in [0.2, 0.25) is 0 Å². The van der Waals surface area contributed by atoms with E-state index in [0.717, 1.165) is 25.9 Å². The molecular formula is C17H22N6O2. The molecule has 0 saturated carbocycles. The average molecular weight is 342 g/mol. The van der Waals surface area contributed by atoms with Gasteiger partial charge in [-0.3, -0.25) is 9.59 Å². The monoisotopic (exact) mass is 342 g/mol. The zero-order chi connectivity index (χ0) is 17.6. The van der Waals surface area contributed by atoms with Gasteiger partial charge in [0, 0.05) is 17.8 Å². The second-order valence-corrected chi connectivity index (χ2v) is 6.00. The molecule has 1 aliphatic heterocycles. The first-order chi connectivity index (χ1) is 12.2. The van der Waals surface area contributed by atoms with Crippen LogP contribution in [0.25, 0.3) is 0 Å². The maximum atomic E-state index is 12.3. The number of piperidine rings is 1. The minimum Gasteiger partial charge on any atom is -0.326 e. The molecule has 0 radical (unpaired) electrons. The van der Waals surface area contributed by atoms with Crippen LogP contribution in [0.15, 0.2) is 30.5 Å². The first kappa shape index (κ1) is 17.1. The summed E-state index contributed by atoms with van der Waals surface area (Å²) < 4.78 is 1.78. The van der Waals surface area contributed by atoms with Crippen molar-refractivity contribution in [3.05, 3.63) is 36.2 Å². The van der Waals surface area contributed by atoms with Crippen LogP contribution in [0, 0.1) is 0 Å². The number of amides is 2. The van der Waals surface area contributed by atoms with Gasteiger partial charge in [-0.15, -0.1) is 5.10 Å². The number of aromatic nitrogens is 3. The lowest BCUT2D eigenvalue weighted by molar-refractivity contribution is -0.115. The van der Waals surface area contributed by atoms with Gasteiger partial charge >= 0.3 is 0 Å². The van der Waals surface area contributed by atoms with Crippen LogP contribution in [0.1, 0.15) is 42.7 Å². The van der Waals surface area contributed by atoms with E-state index in [-0.39, 0.29) is 17.9 Å². The highest BCUT2D eigenvalue weighted by Gasteiger charge is 2.18. The maximum absolute atomic E-state index is 12.3. The van der Waals surface area contributed by atoms with Gasteiger partial charge in [-0.2, -0.15) is 0 Å². The highest BCUT2D eigenvalue weighted by Crippen LogP contribution is 2.18. The molecule has 25 heavy (non-hydrogen) atoms. The van der Waals surface area contributed by atoms with Crippen molar-refractivity contribution in [1.29, 1.82) is 0 Å². The molecule has 2 aromatic rings. The standard InChI is InChI=1S/C17H22N6O2/c1-2-16(24)19-12-3-5-13(6-4-12)20-17(25)15-11-23(22-21-15)14-7-9-18-10-8-14/h3-6,11,14,18H,2,7-10H2,1H3,(H,19,24)(H,20,25).